The highest BCUT2D eigenvalue weighted by Gasteiger charge is 2.14. The molecular formula is C17H17Cl2NO. The molecular weight excluding hydrogens is 305 g/mol. The van der Waals surface area contributed by atoms with Crippen molar-refractivity contribution in [1.82, 2.24) is 0 Å². The SMILES string of the molecule is CCc1cccc(CC)c1NC(=O)c1cc(Cl)ccc1Cl. The third-order valence-electron chi connectivity index (χ3n) is 3.41. The number of anilines is 1. The normalized spacial score (nSPS) is 10.5. The molecule has 2 rings (SSSR count). The van der Waals surface area contributed by atoms with Gasteiger partial charge in [-0.25, -0.2) is 0 Å². The maximum Gasteiger partial charge on any atom is 0.257 e. The van der Waals surface area contributed by atoms with Crippen LogP contribution in [0.25, 0.3) is 0 Å². The van der Waals surface area contributed by atoms with Gasteiger partial charge in [0.05, 0.1) is 10.6 Å². The van der Waals surface area contributed by atoms with Crippen LogP contribution < -0.4 is 5.32 Å². The summed E-state index contributed by atoms with van der Waals surface area (Å²) in [7, 11) is 0. The molecule has 110 valence electrons. The van der Waals surface area contributed by atoms with Gasteiger partial charge in [0.15, 0.2) is 0 Å². The van der Waals surface area contributed by atoms with Crippen molar-refractivity contribution in [3.05, 3.63) is 63.1 Å². The largest absolute Gasteiger partial charge is 0.321 e. The molecule has 1 N–H and O–H groups in total. The first-order chi connectivity index (χ1) is 10.1. The fourth-order valence-corrected chi connectivity index (χ4v) is 2.63. The number of rotatable bonds is 4. The summed E-state index contributed by atoms with van der Waals surface area (Å²) in [5.74, 6) is -0.238. The number of amides is 1. The van der Waals surface area contributed by atoms with Crippen LogP contribution in [0.1, 0.15) is 35.3 Å². The monoisotopic (exact) mass is 321 g/mol. The minimum Gasteiger partial charge on any atom is -0.321 e. The molecule has 0 atom stereocenters. The number of para-hydroxylation sites is 1. The third-order valence-corrected chi connectivity index (χ3v) is 3.98. The van der Waals surface area contributed by atoms with Gasteiger partial charge in [0.2, 0.25) is 0 Å². The van der Waals surface area contributed by atoms with Crippen molar-refractivity contribution in [2.24, 2.45) is 0 Å². The maximum atomic E-state index is 12.5. The lowest BCUT2D eigenvalue weighted by atomic mass is 10.0. The molecule has 21 heavy (non-hydrogen) atoms. The van der Waals surface area contributed by atoms with Crippen molar-refractivity contribution in [3.63, 3.8) is 0 Å². The van der Waals surface area contributed by atoms with E-state index in [4.69, 9.17) is 23.2 Å². The Bertz CT molecular complexity index is 646. The van der Waals surface area contributed by atoms with E-state index in [2.05, 4.69) is 19.2 Å². The molecule has 2 nitrogen and oxygen atoms in total. The van der Waals surface area contributed by atoms with E-state index < -0.39 is 0 Å². The zero-order valence-electron chi connectivity index (χ0n) is 12.0. The predicted octanol–water partition coefficient (Wildman–Crippen LogP) is 5.37. The van der Waals surface area contributed by atoms with Crippen molar-refractivity contribution in [2.45, 2.75) is 26.7 Å². The van der Waals surface area contributed by atoms with Crippen molar-refractivity contribution < 1.29 is 4.79 Å². The van der Waals surface area contributed by atoms with E-state index in [1.165, 1.54) is 0 Å². The number of nitrogens with one attached hydrogen (secondary N) is 1. The minimum absolute atomic E-state index is 0.238. The standard InChI is InChI=1S/C17H17Cl2NO/c1-3-11-6-5-7-12(4-2)16(11)20-17(21)14-10-13(18)8-9-15(14)19/h5-10H,3-4H2,1-2H3,(H,20,21). The molecule has 2 aromatic rings. The van der Waals surface area contributed by atoms with Gasteiger partial charge >= 0.3 is 0 Å². The van der Waals surface area contributed by atoms with E-state index in [0.29, 0.717) is 15.6 Å². The molecule has 0 spiro atoms. The Labute approximate surface area is 135 Å². The van der Waals surface area contributed by atoms with Gasteiger partial charge in [-0.2, -0.15) is 0 Å². The van der Waals surface area contributed by atoms with Crippen LogP contribution in [0.4, 0.5) is 5.69 Å². The molecule has 0 aliphatic carbocycles. The maximum absolute atomic E-state index is 12.5. The molecule has 0 aliphatic heterocycles. The molecule has 0 fully saturated rings. The minimum atomic E-state index is -0.238. The summed E-state index contributed by atoms with van der Waals surface area (Å²) in [5.41, 5.74) is 3.49. The molecule has 0 saturated heterocycles. The zero-order chi connectivity index (χ0) is 15.4. The highest BCUT2D eigenvalue weighted by molar-refractivity contribution is 6.36. The molecule has 0 bridgehead atoms. The van der Waals surface area contributed by atoms with Crippen LogP contribution in [0, 0.1) is 0 Å². The van der Waals surface area contributed by atoms with Crippen LogP contribution in [0.5, 0.6) is 0 Å². The summed E-state index contributed by atoms with van der Waals surface area (Å²) < 4.78 is 0. The van der Waals surface area contributed by atoms with Crippen molar-refractivity contribution in [1.29, 1.82) is 0 Å². The topological polar surface area (TPSA) is 29.1 Å². The second-order valence-corrected chi connectivity index (χ2v) is 5.58. The van der Waals surface area contributed by atoms with Gasteiger partial charge in [0.1, 0.15) is 0 Å². The summed E-state index contributed by atoms with van der Waals surface area (Å²) in [6.45, 7) is 4.13. The first-order valence-corrected chi connectivity index (χ1v) is 7.69. The lowest BCUT2D eigenvalue weighted by Gasteiger charge is -2.15. The van der Waals surface area contributed by atoms with Gasteiger partial charge in [-0.15, -0.1) is 0 Å². The molecule has 0 radical (unpaired) electrons. The van der Waals surface area contributed by atoms with Gasteiger partial charge in [0, 0.05) is 10.7 Å². The van der Waals surface area contributed by atoms with Crippen LogP contribution in [0.2, 0.25) is 10.0 Å². The predicted molar refractivity (Wildman–Crippen MR) is 89.6 cm³/mol. The van der Waals surface area contributed by atoms with Crippen LogP contribution >= 0.6 is 23.2 Å². The lowest BCUT2D eigenvalue weighted by molar-refractivity contribution is 0.102. The second-order valence-electron chi connectivity index (χ2n) is 4.74. The van der Waals surface area contributed by atoms with Crippen LogP contribution in [-0.4, -0.2) is 5.91 Å². The number of hydrogen-bond donors (Lipinski definition) is 1. The zero-order valence-corrected chi connectivity index (χ0v) is 13.6. The molecule has 2 aromatic carbocycles. The van der Waals surface area contributed by atoms with Gasteiger partial charge in [-0.05, 0) is 42.2 Å². The van der Waals surface area contributed by atoms with Crippen molar-refractivity contribution >= 4 is 34.8 Å². The van der Waals surface area contributed by atoms with E-state index in [1.807, 2.05) is 18.2 Å². The first-order valence-electron chi connectivity index (χ1n) is 6.94. The summed E-state index contributed by atoms with van der Waals surface area (Å²) in [4.78, 5) is 12.5. The van der Waals surface area contributed by atoms with Crippen LogP contribution in [0.15, 0.2) is 36.4 Å². The Kier molecular flexibility index (Phi) is 5.27. The number of hydrogen-bond acceptors (Lipinski definition) is 1. The Morgan fingerprint density at radius 1 is 1.05 bits per heavy atom. The molecule has 4 heteroatoms. The van der Waals surface area contributed by atoms with E-state index in [-0.39, 0.29) is 5.91 Å². The first kappa shape index (κ1) is 15.9. The van der Waals surface area contributed by atoms with E-state index in [0.717, 1.165) is 29.7 Å². The quantitative estimate of drug-likeness (QED) is 0.805. The van der Waals surface area contributed by atoms with Gasteiger partial charge in [-0.1, -0.05) is 55.2 Å². The highest BCUT2D eigenvalue weighted by Crippen LogP contribution is 2.26. The molecule has 0 aromatic heterocycles. The number of benzene rings is 2. The third kappa shape index (κ3) is 3.58. The summed E-state index contributed by atoms with van der Waals surface area (Å²) in [6, 6.07) is 10.9. The number of carbonyl (C=O) groups excluding carboxylic acids is 1. The van der Waals surface area contributed by atoms with Gasteiger partial charge in [-0.3, -0.25) is 4.79 Å². The lowest BCUT2D eigenvalue weighted by Crippen LogP contribution is -2.15. The second kappa shape index (κ2) is 6.97. The Hall–Kier alpha value is -1.51. The van der Waals surface area contributed by atoms with Crippen LogP contribution in [0.3, 0.4) is 0 Å². The Balaban J connectivity index is 2.38. The van der Waals surface area contributed by atoms with Crippen molar-refractivity contribution in [2.75, 3.05) is 5.32 Å². The fraction of sp³-hybridized carbons (Fsp3) is 0.235. The number of halogens is 2. The highest BCUT2D eigenvalue weighted by atomic mass is 35.5. The number of aryl methyl sites for hydroxylation is 2. The average molecular weight is 322 g/mol. The van der Waals surface area contributed by atoms with Gasteiger partial charge < -0.3 is 5.32 Å². The molecule has 0 aliphatic rings. The van der Waals surface area contributed by atoms with E-state index in [9.17, 15) is 4.79 Å². The summed E-state index contributed by atoms with van der Waals surface area (Å²) in [6.07, 6.45) is 1.71. The summed E-state index contributed by atoms with van der Waals surface area (Å²) >= 11 is 12.0. The number of carbonyl (C=O) groups is 1. The Morgan fingerprint density at radius 2 is 1.67 bits per heavy atom. The molecule has 1 amide bonds. The van der Waals surface area contributed by atoms with Crippen molar-refractivity contribution in [3.8, 4) is 0 Å². The molecule has 0 heterocycles. The van der Waals surface area contributed by atoms with E-state index >= 15 is 0 Å². The summed E-state index contributed by atoms with van der Waals surface area (Å²) in [5, 5.41) is 3.87. The van der Waals surface area contributed by atoms with E-state index in [1.54, 1.807) is 18.2 Å². The fourth-order valence-electron chi connectivity index (χ4n) is 2.26. The smallest absolute Gasteiger partial charge is 0.257 e. The Morgan fingerprint density at radius 3 is 2.24 bits per heavy atom. The molecule has 0 saturated carbocycles. The average Bonchev–Trinajstić information content (AvgIpc) is 2.49. The van der Waals surface area contributed by atoms with Crippen LogP contribution in [-0.2, 0) is 12.8 Å². The molecule has 0 unspecified atom stereocenters. The van der Waals surface area contributed by atoms with Gasteiger partial charge in [0.25, 0.3) is 5.91 Å².